The largest absolute Gasteiger partial charge is 0.465 e. The fourth-order valence-corrected chi connectivity index (χ4v) is 2.40. The molecule has 0 spiro atoms. The van der Waals surface area contributed by atoms with Crippen molar-refractivity contribution in [2.75, 3.05) is 19.8 Å². The molecule has 0 saturated heterocycles. The van der Waals surface area contributed by atoms with Crippen molar-refractivity contribution in [3.05, 3.63) is 22.5 Å². The number of hydrogen-bond donors (Lipinski definition) is 0. The van der Waals surface area contributed by atoms with Gasteiger partial charge in [0.1, 0.15) is 12.2 Å². The smallest absolute Gasteiger partial charge is 0.355 e. The maximum atomic E-state index is 12.2. The van der Waals surface area contributed by atoms with Gasteiger partial charge in [-0.1, -0.05) is 13.8 Å². The number of rotatable bonds is 7. The minimum atomic E-state index is -0.590. The summed E-state index contributed by atoms with van der Waals surface area (Å²) in [6.07, 6.45) is 0. The molecule has 7 nitrogen and oxygen atoms in total. The van der Waals surface area contributed by atoms with Crippen LogP contribution in [0, 0.1) is 13.8 Å². The molecule has 7 heteroatoms. The third-order valence-electron chi connectivity index (χ3n) is 3.31. The first-order chi connectivity index (χ1) is 11.9. The lowest BCUT2D eigenvalue weighted by Gasteiger charge is -2.10. The van der Waals surface area contributed by atoms with Gasteiger partial charge in [0, 0.05) is 5.69 Å². The Morgan fingerprint density at radius 1 is 0.840 bits per heavy atom. The topological polar surface area (TPSA) is 83.8 Å². The van der Waals surface area contributed by atoms with E-state index in [1.54, 1.807) is 34.6 Å². The molecule has 0 atom stereocenters. The minimum Gasteiger partial charge on any atom is -0.465 e. The molecule has 1 aromatic rings. The lowest BCUT2D eigenvalue weighted by molar-refractivity contribution is -0.143. The van der Waals surface area contributed by atoms with Crippen LogP contribution in [0.1, 0.15) is 66.7 Å². The van der Waals surface area contributed by atoms with E-state index in [-0.39, 0.29) is 37.6 Å². The third-order valence-corrected chi connectivity index (χ3v) is 3.31. The summed E-state index contributed by atoms with van der Waals surface area (Å²) in [5.74, 6) is -1.62. The molecule has 25 heavy (non-hydrogen) atoms. The molecule has 0 aliphatic rings. The van der Waals surface area contributed by atoms with Crippen molar-refractivity contribution in [2.45, 2.75) is 55.0 Å². The molecule has 0 unspecified atom stereocenters. The zero-order chi connectivity index (χ0) is 19.6. The predicted octanol–water partition coefficient (Wildman–Crippen LogP) is 3.05. The Kier molecular flexibility index (Phi) is 10.2. The van der Waals surface area contributed by atoms with E-state index in [1.165, 1.54) is 4.57 Å². The average molecular weight is 355 g/mol. The second-order valence-corrected chi connectivity index (χ2v) is 4.77. The monoisotopic (exact) mass is 355 g/mol. The van der Waals surface area contributed by atoms with Gasteiger partial charge in [-0.2, -0.15) is 0 Å². The van der Waals surface area contributed by atoms with Crippen molar-refractivity contribution < 1.29 is 28.6 Å². The molecule has 1 aromatic heterocycles. The van der Waals surface area contributed by atoms with Crippen LogP contribution in [0.5, 0.6) is 0 Å². The third kappa shape index (κ3) is 5.62. The van der Waals surface area contributed by atoms with Crippen LogP contribution in [-0.2, 0) is 25.5 Å². The number of carbonyl (C=O) groups excluding carboxylic acids is 3. The van der Waals surface area contributed by atoms with E-state index in [2.05, 4.69) is 0 Å². The van der Waals surface area contributed by atoms with Gasteiger partial charge in [-0.15, -0.1) is 0 Å². The van der Waals surface area contributed by atoms with Crippen LogP contribution in [0.4, 0.5) is 0 Å². The van der Waals surface area contributed by atoms with E-state index >= 15 is 0 Å². The van der Waals surface area contributed by atoms with Crippen molar-refractivity contribution >= 4 is 17.9 Å². The van der Waals surface area contributed by atoms with Gasteiger partial charge in [-0.3, -0.25) is 4.79 Å². The number of carbonyl (C=O) groups is 3. The summed E-state index contributed by atoms with van der Waals surface area (Å²) < 4.78 is 16.4. The summed E-state index contributed by atoms with van der Waals surface area (Å²) in [6, 6.07) is 0. The zero-order valence-electron chi connectivity index (χ0n) is 16.2. The molecule has 1 rings (SSSR count). The highest BCUT2D eigenvalue weighted by molar-refractivity contribution is 5.99. The van der Waals surface area contributed by atoms with Gasteiger partial charge in [-0.05, 0) is 40.2 Å². The highest BCUT2D eigenvalue weighted by Crippen LogP contribution is 2.24. The number of hydrogen-bond acceptors (Lipinski definition) is 6. The SMILES string of the molecule is CC.CCOC(=O)Cn1c(C)c(C(=O)OCC)c(C)c1C(=O)OCC. The Morgan fingerprint density at radius 3 is 1.80 bits per heavy atom. The summed E-state index contributed by atoms with van der Waals surface area (Å²) in [5.41, 5.74) is 1.35. The van der Waals surface area contributed by atoms with Crippen LogP contribution in [0.2, 0.25) is 0 Å². The van der Waals surface area contributed by atoms with E-state index in [4.69, 9.17) is 14.2 Å². The molecule has 0 fully saturated rings. The van der Waals surface area contributed by atoms with E-state index < -0.39 is 17.9 Å². The predicted molar refractivity (Wildman–Crippen MR) is 93.8 cm³/mol. The molecular formula is C18H29NO6. The lowest BCUT2D eigenvalue weighted by atomic mass is 10.1. The van der Waals surface area contributed by atoms with Gasteiger partial charge in [0.15, 0.2) is 0 Å². The maximum Gasteiger partial charge on any atom is 0.355 e. The quantitative estimate of drug-likeness (QED) is 0.552. The second-order valence-electron chi connectivity index (χ2n) is 4.77. The molecule has 0 aromatic carbocycles. The van der Waals surface area contributed by atoms with Crippen molar-refractivity contribution in [3.63, 3.8) is 0 Å². The van der Waals surface area contributed by atoms with Gasteiger partial charge in [-0.25, -0.2) is 9.59 Å². The highest BCUT2D eigenvalue weighted by atomic mass is 16.5. The van der Waals surface area contributed by atoms with E-state index in [0.717, 1.165) is 0 Å². The molecule has 0 amide bonds. The van der Waals surface area contributed by atoms with Gasteiger partial charge in [0.05, 0.1) is 25.4 Å². The molecular weight excluding hydrogens is 326 g/mol. The van der Waals surface area contributed by atoms with Crippen LogP contribution >= 0.6 is 0 Å². The first-order valence-electron chi connectivity index (χ1n) is 8.58. The van der Waals surface area contributed by atoms with Gasteiger partial charge in [0.2, 0.25) is 0 Å². The van der Waals surface area contributed by atoms with E-state index in [9.17, 15) is 14.4 Å². The molecule has 142 valence electrons. The van der Waals surface area contributed by atoms with Crippen molar-refractivity contribution in [1.82, 2.24) is 4.57 Å². The summed E-state index contributed by atoms with van der Waals surface area (Å²) in [6.45, 7) is 12.8. The fourth-order valence-electron chi connectivity index (χ4n) is 2.40. The van der Waals surface area contributed by atoms with E-state index in [0.29, 0.717) is 11.3 Å². The molecule has 1 heterocycles. The van der Waals surface area contributed by atoms with Gasteiger partial charge in [0.25, 0.3) is 0 Å². The van der Waals surface area contributed by atoms with Crippen molar-refractivity contribution in [3.8, 4) is 0 Å². The molecule has 0 saturated carbocycles. The zero-order valence-corrected chi connectivity index (χ0v) is 16.2. The van der Waals surface area contributed by atoms with Crippen LogP contribution in [0.3, 0.4) is 0 Å². The fraction of sp³-hybridized carbons (Fsp3) is 0.611. The van der Waals surface area contributed by atoms with Gasteiger partial charge >= 0.3 is 17.9 Å². The van der Waals surface area contributed by atoms with Crippen molar-refractivity contribution in [1.29, 1.82) is 0 Å². The summed E-state index contributed by atoms with van der Waals surface area (Å²) in [7, 11) is 0. The number of nitrogens with zero attached hydrogens (tertiary/aromatic N) is 1. The Morgan fingerprint density at radius 2 is 1.32 bits per heavy atom. The number of esters is 3. The summed E-state index contributed by atoms with van der Waals surface area (Å²) in [5, 5.41) is 0. The van der Waals surface area contributed by atoms with Gasteiger partial charge < -0.3 is 18.8 Å². The Bertz CT molecular complexity index is 603. The highest BCUT2D eigenvalue weighted by Gasteiger charge is 2.29. The normalized spacial score (nSPS) is 9.72. The first-order valence-corrected chi connectivity index (χ1v) is 8.58. The van der Waals surface area contributed by atoms with Crippen LogP contribution in [0.25, 0.3) is 0 Å². The Balaban J connectivity index is 0.00000277. The molecule has 0 bridgehead atoms. The average Bonchev–Trinajstić information content (AvgIpc) is 2.80. The van der Waals surface area contributed by atoms with Crippen LogP contribution in [0.15, 0.2) is 0 Å². The lowest BCUT2D eigenvalue weighted by Crippen LogP contribution is -2.20. The standard InChI is InChI=1S/C16H23NO6.C2H6/c1-6-21-12(18)9-17-11(5)13(15(19)22-7-2)10(4)14(17)16(20)23-8-3;1-2/h6-9H2,1-5H3;1-2H3. The summed E-state index contributed by atoms with van der Waals surface area (Å²) >= 11 is 0. The molecule has 0 aliphatic carbocycles. The second kappa shape index (κ2) is 11.3. The van der Waals surface area contributed by atoms with E-state index in [1.807, 2.05) is 13.8 Å². The molecule has 0 N–H and O–H groups in total. The maximum absolute atomic E-state index is 12.2. The van der Waals surface area contributed by atoms with Crippen LogP contribution < -0.4 is 0 Å². The Labute approximate surface area is 149 Å². The Hall–Kier alpha value is -2.31. The number of ether oxygens (including phenoxy) is 3. The first kappa shape index (κ1) is 22.7. The van der Waals surface area contributed by atoms with Crippen molar-refractivity contribution in [2.24, 2.45) is 0 Å². The van der Waals surface area contributed by atoms with Crippen LogP contribution in [-0.4, -0.2) is 42.3 Å². The summed E-state index contributed by atoms with van der Waals surface area (Å²) in [4.78, 5) is 36.2. The minimum absolute atomic E-state index is 0.167. The molecule has 0 aliphatic heterocycles. The molecule has 0 radical (unpaired) electrons. The number of aromatic nitrogens is 1.